The Morgan fingerprint density at radius 2 is 1.82 bits per heavy atom. The van der Waals surface area contributed by atoms with E-state index in [1.54, 1.807) is 30.3 Å². The van der Waals surface area contributed by atoms with Crippen LogP contribution in [0.5, 0.6) is 5.75 Å². The number of carbonyl (C=O) groups is 2. The summed E-state index contributed by atoms with van der Waals surface area (Å²) in [5.74, 6) is -0.267. The molecule has 5 heteroatoms. The van der Waals surface area contributed by atoms with Crippen LogP contribution >= 0.6 is 0 Å². The lowest BCUT2D eigenvalue weighted by atomic mass is 10.2. The summed E-state index contributed by atoms with van der Waals surface area (Å²) in [6.07, 6.45) is 3.56. The van der Waals surface area contributed by atoms with Gasteiger partial charge in [0.1, 0.15) is 17.9 Å². The highest BCUT2D eigenvalue weighted by Gasteiger charge is 2.06. The average molecular weight is 299 g/mol. The molecule has 4 nitrogen and oxygen atoms in total. The molecule has 1 amide bonds. The summed E-state index contributed by atoms with van der Waals surface area (Å²) in [6.45, 7) is 0. The van der Waals surface area contributed by atoms with Crippen LogP contribution in [0.1, 0.15) is 15.9 Å². The number of ether oxygens (including phenoxy) is 1. The Morgan fingerprint density at radius 3 is 2.45 bits per heavy atom. The molecule has 2 rings (SSSR count). The molecular weight excluding hydrogens is 285 g/mol. The van der Waals surface area contributed by atoms with Gasteiger partial charge in [-0.25, -0.2) is 4.39 Å². The number of nitrogens with one attached hydrogen (secondary N) is 1. The van der Waals surface area contributed by atoms with Crippen LogP contribution in [0.4, 0.5) is 10.1 Å². The fraction of sp³-hybridized carbons (Fsp3) is 0.0588. The third-order valence-electron chi connectivity index (χ3n) is 2.91. The number of carbonyl (C=O) groups excluding carboxylic acids is 2. The summed E-state index contributed by atoms with van der Waals surface area (Å²) in [5.41, 5.74) is 1.53. The minimum absolute atomic E-state index is 0.336. The summed E-state index contributed by atoms with van der Waals surface area (Å²) in [7, 11) is 1.47. The third-order valence-corrected chi connectivity index (χ3v) is 2.91. The number of amides is 1. The Labute approximate surface area is 127 Å². The summed E-state index contributed by atoms with van der Waals surface area (Å²) in [6, 6.07) is 10.5. The monoisotopic (exact) mass is 299 g/mol. The zero-order valence-corrected chi connectivity index (χ0v) is 11.9. The fourth-order valence-electron chi connectivity index (χ4n) is 1.82. The fourth-order valence-corrected chi connectivity index (χ4v) is 1.82. The SMILES string of the molecule is COc1ccc(C=O)cc1NC(=O)/C=C/c1ccc(F)cc1. The molecule has 0 aliphatic carbocycles. The molecule has 0 saturated carbocycles. The van der Waals surface area contributed by atoms with Crippen LogP contribution in [0.15, 0.2) is 48.5 Å². The molecule has 0 atom stereocenters. The van der Waals surface area contributed by atoms with E-state index in [2.05, 4.69) is 5.32 Å². The molecule has 0 aromatic heterocycles. The highest BCUT2D eigenvalue weighted by atomic mass is 19.1. The quantitative estimate of drug-likeness (QED) is 0.681. The topological polar surface area (TPSA) is 55.4 Å². The van der Waals surface area contributed by atoms with Crippen molar-refractivity contribution in [3.8, 4) is 5.75 Å². The van der Waals surface area contributed by atoms with Crippen LogP contribution in [0.2, 0.25) is 0 Å². The van der Waals surface area contributed by atoms with Crippen molar-refractivity contribution < 1.29 is 18.7 Å². The predicted molar refractivity (Wildman–Crippen MR) is 82.4 cm³/mol. The first-order valence-corrected chi connectivity index (χ1v) is 6.50. The van der Waals surface area contributed by atoms with Crippen molar-refractivity contribution in [1.82, 2.24) is 0 Å². The smallest absolute Gasteiger partial charge is 0.248 e. The van der Waals surface area contributed by atoms with Gasteiger partial charge in [-0.05, 0) is 42.0 Å². The molecular formula is C17H14FNO3. The van der Waals surface area contributed by atoms with Crippen molar-refractivity contribution in [3.05, 3.63) is 65.5 Å². The second kappa shape index (κ2) is 7.17. The van der Waals surface area contributed by atoms with Crippen LogP contribution in [0, 0.1) is 5.82 Å². The van der Waals surface area contributed by atoms with E-state index in [1.807, 2.05) is 0 Å². The van der Waals surface area contributed by atoms with Crippen molar-refractivity contribution in [2.75, 3.05) is 12.4 Å². The van der Waals surface area contributed by atoms with Gasteiger partial charge in [0.15, 0.2) is 0 Å². The number of hydrogen-bond acceptors (Lipinski definition) is 3. The number of benzene rings is 2. The minimum atomic E-state index is -0.384. The summed E-state index contributed by atoms with van der Waals surface area (Å²) in [5, 5.41) is 2.63. The molecule has 0 bridgehead atoms. The van der Waals surface area contributed by atoms with Crippen molar-refractivity contribution in [1.29, 1.82) is 0 Å². The molecule has 1 N–H and O–H groups in total. The molecule has 0 heterocycles. The van der Waals surface area contributed by atoms with Crippen molar-refractivity contribution in [2.24, 2.45) is 0 Å². The maximum Gasteiger partial charge on any atom is 0.248 e. The Balaban J connectivity index is 2.11. The number of rotatable bonds is 5. The number of halogens is 1. The first-order chi connectivity index (χ1) is 10.6. The lowest BCUT2D eigenvalue weighted by Gasteiger charge is -2.09. The Morgan fingerprint density at radius 1 is 1.14 bits per heavy atom. The summed E-state index contributed by atoms with van der Waals surface area (Å²) in [4.78, 5) is 22.7. The standard InChI is InChI=1S/C17H14FNO3/c1-22-16-8-4-13(11-20)10-15(16)19-17(21)9-5-12-2-6-14(18)7-3-12/h2-11H,1H3,(H,19,21)/b9-5+. The van der Waals surface area contributed by atoms with Crippen LogP contribution in [0.25, 0.3) is 6.08 Å². The predicted octanol–water partition coefficient (Wildman–Crippen LogP) is 3.30. The Kier molecular flexibility index (Phi) is 5.03. The first-order valence-electron chi connectivity index (χ1n) is 6.50. The third kappa shape index (κ3) is 4.02. The Bertz CT molecular complexity index is 708. The molecule has 22 heavy (non-hydrogen) atoms. The van der Waals surface area contributed by atoms with Crippen molar-refractivity contribution in [2.45, 2.75) is 0 Å². The first kappa shape index (κ1) is 15.4. The van der Waals surface area contributed by atoms with Gasteiger partial charge in [0.25, 0.3) is 0 Å². The molecule has 0 spiro atoms. The van der Waals surface area contributed by atoms with Gasteiger partial charge in [0, 0.05) is 11.6 Å². The van der Waals surface area contributed by atoms with Gasteiger partial charge < -0.3 is 10.1 Å². The molecule has 0 radical (unpaired) electrons. The van der Waals surface area contributed by atoms with Crippen LogP contribution in [-0.2, 0) is 4.79 Å². The lowest BCUT2D eigenvalue weighted by molar-refractivity contribution is -0.111. The summed E-state index contributed by atoms with van der Waals surface area (Å²) >= 11 is 0. The molecule has 112 valence electrons. The normalized spacial score (nSPS) is 10.5. The van der Waals surface area contributed by atoms with Crippen LogP contribution in [0.3, 0.4) is 0 Å². The summed E-state index contributed by atoms with van der Waals surface area (Å²) < 4.78 is 17.9. The minimum Gasteiger partial charge on any atom is -0.495 e. The highest BCUT2D eigenvalue weighted by molar-refractivity contribution is 6.03. The number of anilines is 1. The van der Waals surface area contributed by atoms with Gasteiger partial charge in [-0.2, -0.15) is 0 Å². The number of hydrogen-bond donors (Lipinski definition) is 1. The van der Waals surface area contributed by atoms with E-state index in [-0.39, 0.29) is 11.7 Å². The number of aldehydes is 1. The van der Waals surface area contributed by atoms with Gasteiger partial charge in [0.2, 0.25) is 5.91 Å². The van der Waals surface area contributed by atoms with E-state index in [0.29, 0.717) is 28.8 Å². The average Bonchev–Trinajstić information content (AvgIpc) is 2.54. The second-order valence-electron chi connectivity index (χ2n) is 4.45. The lowest BCUT2D eigenvalue weighted by Crippen LogP contribution is -2.09. The molecule has 0 saturated heterocycles. The van der Waals surface area contributed by atoms with Crippen molar-refractivity contribution >= 4 is 24.0 Å². The molecule has 2 aromatic rings. The van der Waals surface area contributed by atoms with Gasteiger partial charge in [0.05, 0.1) is 12.8 Å². The molecule has 2 aromatic carbocycles. The van der Waals surface area contributed by atoms with Crippen LogP contribution < -0.4 is 10.1 Å². The largest absolute Gasteiger partial charge is 0.495 e. The maximum absolute atomic E-state index is 12.8. The van der Waals surface area contributed by atoms with E-state index < -0.39 is 0 Å². The molecule has 0 fully saturated rings. The maximum atomic E-state index is 12.8. The van der Waals surface area contributed by atoms with E-state index in [1.165, 1.54) is 31.4 Å². The molecule has 0 aliphatic rings. The number of methoxy groups -OCH3 is 1. The zero-order valence-electron chi connectivity index (χ0n) is 11.9. The van der Waals surface area contributed by atoms with E-state index in [9.17, 15) is 14.0 Å². The molecule has 0 aliphatic heterocycles. The Hall–Kier alpha value is -2.95. The highest BCUT2D eigenvalue weighted by Crippen LogP contribution is 2.24. The van der Waals surface area contributed by atoms with E-state index in [0.717, 1.165) is 0 Å². The van der Waals surface area contributed by atoms with Gasteiger partial charge in [-0.3, -0.25) is 9.59 Å². The van der Waals surface area contributed by atoms with Gasteiger partial charge >= 0.3 is 0 Å². The van der Waals surface area contributed by atoms with Gasteiger partial charge in [-0.1, -0.05) is 12.1 Å². The van der Waals surface area contributed by atoms with Gasteiger partial charge in [-0.15, -0.1) is 0 Å². The van der Waals surface area contributed by atoms with E-state index >= 15 is 0 Å². The molecule has 0 unspecified atom stereocenters. The van der Waals surface area contributed by atoms with Crippen LogP contribution in [-0.4, -0.2) is 19.3 Å². The van der Waals surface area contributed by atoms with E-state index in [4.69, 9.17) is 4.74 Å². The van der Waals surface area contributed by atoms with Crippen molar-refractivity contribution in [3.63, 3.8) is 0 Å². The zero-order chi connectivity index (χ0) is 15.9. The second-order valence-corrected chi connectivity index (χ2v) is 4.45.